The molecule has 3 unspecified atom stereocenters. The van der Waals surface area contributed by atoms with Gasteiger partial charge in [0.15, 0.2) is 0 Å². The average Bonchev–Trinajstić information content (AvgIpc) is 3.19. The van der Waals surface area contributed by atoms with Crippen molar-refractivity contribution in [2.24, 2.45) is 5.73 Å². The van der Waals surface area contributed by atoms with Crippen LogP contribution in [0.3, 0.4) is 0 Å². The first-order chi connectivity index (χ1) is 27.7. The summed E-state index contributed by atoms with van der Waals surface area (Å²) < 4.78 is 33.3. The van der Waals surface area contributed by atoms with E-state index in [0.29, 0.717) is 13.0 Å². The van der Waals surface area contributed by atoms with E-state index in [1.807, 2.05) is 12.2 Å². The van der Waals surface area contributed by atoms with Crippen LogP contribution in [0.1, 0.15) is 168 Å². The van der Waals surface area contributed by atoms with Crippen molar-refractivity contribution in [2.75, 3.05) is 26.4 Å². The number of carboxylic acid groups (broad SMARTS) is 1. The van der Waals surface area contributed by atoms with Crippen LogP contribution in [0.15, 0.2) is 72.9 Å². The topological polar surface area (TPSA) is 155 Å². The van der Waals surface area contributed by atoms with Crippen molar-refractivity contribution < 1.29 is 42.7 Å². The zero-order valence-corrected chi connectivity index (χ0v) is 36.6. The standard InChI is InChI=1S/C46H80NO9P/c1-3-5-7-9-11-13-15-17-19-21-22-23-24-26-28-30-32-34-36-38-45(48)56-43(41-54-57(51,52)55-42-44(47)46(49)50)40-53-39-37-35-33-31-29-27-25-20-18-16-14-12-10-8-6-4-2/h5,7,11,13,17,19,22-23,26,28,32,34,43-44H,3-4,6,8-10,12,14-16,18,20-21,24-25,27,29-31,33,35-42,47H2,1-2H3,(H,49,50)(H,51,52)/b7-5-,13-11-,19-17-,23-22-,28-26-,34-32-. The molecule has 3 atom stereocenters. The van der Waals surface area contributed by atoms with E-state index in [4.69, 9.17) is 29.4 Å². The molecule has 0 amide bonds. The number of allylic oxidation sites excluding steroid dienone is 12. The third-order valence-electron chi connectivity index (χ3n) is 9.01. The number of nitrogens with two attached hydrogens (primary N) is 1. The highest BCUT2D eigenvalue weighted by Gasteiger charge is 2.27. The maximum absolute atomic E-state index is 12.6. The maximum Gasteiger partial charge on any atom is 0.472 e. The molecule has 0 aliphatic rings. The van der Waals surface area contributed by atoms with Crippen molar-refractivity contribution in [3.8, 4) is 0 Å². The predicted molar refractivity (Wildman–Crippen MR) is 235 cm³/mol. The molecule has 0 rings (SSSR count). The molecule has 0 radical (unpaired) electrons. The Balaban J connectivity index is 4.37. The number of hydrogen-bond acceptors (Lipinski definition) is 8. The van der Waals surface area contributed by atoms with Gasteiger partial charge in [0.05, 0.1) is 19.8 Å². The Morgan fingerprint density at radius 1 is 0.579 bits per heavy atom. The number of carboxylic acids is 1. The number of aliphatic carboxylic acids is 1. The van der Waals surface area contributed by atoms with Crippen molar-refractivity contribution in [1.82, 2.24) is 0 Å². The van der Waals surface area contributed by atoms with E-state index in [-0.39, 0.29) is 13.0 Å². The zero-order chi connectivity index (χ0) is 41.9. The molecular formula is C46H80NO9P. The Kier molecular flexibility index (Phi) is 39.7. The lowest BCUT2D eigenvalue weighted by Crippen LogP contribution is -2.34. The van der Waals surface area contributed by atoms with Gasteiger partial charge in [-0.15, -0.1) is 0 Å². The molecule has 328 valence electrons. The first-order valence-electron chi connectivity index (χ1n) is 22.0. The zero-order valence-electron chi connectivity index (χ0n) is 35.7. The quantitative estimate of drug-likeness (QED) is 0.0235. The lowest BCUT2D eigenvalue weighted by molar-refractivity contribution is -0.154. The highest BCUT2D eigenvalue weighted by molar-refractivity contribution is 7.47. The third kappa shape index (κ3) is 41.4. The lowest BCUT2D eigenvalue weighted by Gasteiger charge is -2.20. The van der Waals surface area contributed by atoms with E-state index in [2.05, 4.69) is 74.6 Å². The Hall–Kier alpha value is -2.59. The molecule has 0 bridgehead atoms. The van der Waals surface area contributed by atoms with Crippen LogP contribution in [0, 0.1) is 0 Å². The van der Waals surface area contributed by atoms with Crippen LogP contribution < -0.4 is 5.73 Å². The summed E-state index contributed by atoms with van der Waals surface area (Å²) >= 11 is 0. The van der Waals surface area contributed by atoms with Crippen molar-refractivity contribution >= 4 is 19.8 Å². The second kappa shape index (κ2) is 41.6. The summed E-state index contributed by atoms with van der Waals surface area (Å²) in [5.41, 5.74) is 5.35. The number of hydrogen-bond donors (Lipinski definition) is 3. The van der Waals surface area contributed by atoms with Gasteiger partial charge in [-0.2, -0.15) is 0 Å². The molecule has 0 aliphatic heterocycles. The highest BCUT2D eigenvalue weighted by atomic mass is 31.2. The molecule has 0 aliphatic carbocycles. The van der Waals surface area contributed by atoms with Gasteiger partial charge in [-0.05, 0) is 51.4 Å². The molecule has 11 heteroatoms. The Labute approximate surface area is 346 Å². The molecular weight excluding hydrogens is 741 g/mol. The van der Waals surface area contributed by atoms with E-state index in [0.717, 1.165) is 57.8 Å². The molecule has 0 saturated heterocycles. The van der Waals surface area contributed by atoms with Gasteiger partial charge in [-0.3, -0.25) is 18.6 Å². The van der Waals surface area contributed by atoms with Gasteiger partial charge in [-0.1, -0.05) is 183 Å². The van der Waals surface area contributed by atoms with Gasteiger partial charge in [0.1, 0.15) is 12.1 Å². The van der Waals surface area contributed by atoms with Gasteiger partial charge < -0.3 is 25.2 Å². The minimum absolute atomic E-state index is 0.0149. The molecule has 0 aromatic rings. The summed E-state index contributed by atoms with van der Waals surface area (Å²) in [6.07, 6.45) is 51.1. The number of carbonyl (C=O) groups is 2. The van der Waals surface area contributed by atoms with Crippen molar-refractivity contribution in [1.29, 1.82) is 0 Å². The van der Waals surface area contributed by atoms with Gasteiger partial charge >= 0.3 is 19.8 Å². The molecule has 0 fully saturated rings. The summed E-state index contributed by atoms with van der Waals surface area (Å²) in [6.45, 7) is 3.67. The number of rotatable bonds is 41. The summed E-state index contributed by atoms with van der Waals surface area (Å²) in [5, 5.41) is 8.89. The van der Waals surface area contributed by atoms with Crippen molar-refractivity contribution in [3.63, 3.8) is 0 Å². The molecule has 57 heavy (non-hydrogen) atoms. The van der Waals surface area contributed by atoms with Crippen LogP contribution in [0.25, 0.3) is 0 Å². The highest BCUT2D eigenvalue weighted by Crippen LogP contribution is 2.43. The average molecular weight is 822 g/mol. The number of unbranched alkanes of at least 4 members (excludes halogenated alkanes) is 15. The summed E-state index contributed by atoms with van der Waals surface area (Å²) in [4.78, 5) is 33.5. The van der Waals surface area contributed by atoms with Crippen molar-refractivity contribution in [2.45, 2.75) is 180 Å². The molecule has 0 aromatic carbocycles. The van der Waals surface area contributed by atoms with E-state index < -0.39 is 45.1 Å². The SMILES string of the molecule is CC/C=C\C/C=C\C/C=C\C/C=C\C/C=C\C/C=C\CCC(=O)OC(COCCCCCCCCCCCCCCCCCC)COP(=O)(O)OCC(N)C(=O)O. The van der Waals surface area contributed by atoms with Gasteiger partial charge in [-0.25, -0.2) is 4.57 Å². The fourth-order valence-corrected chi connectivity index (χ4v) is 6.41. The molecule has 4 N–H and O–H groups in total. The van der Waals surface area contributed by atoms with Gasteiger partial charge in [0, 0.05) is 13.0 Å². The van der Waals surface area contributed by atoms with Gasteiger partial charge in [0.25, 0.3) is 0 Å². The van der Waals surface area contributed by atoms with Crippen LogP contribution >= 0.6 is 7.82 Å². The second-order valence-electron chi connectivity index (χ2n) is 14.4. The number of phosphoric acid groups is 1. The fraction of sp³-hybridized carbons (Fsp3) is 0.696. The number of phosphoric ester groups is 1. The van der Waals surface area contributed by atoms with E-state index in [9.17, 15) is 19.0 Å². The van der Waals surface area contributed by atoms with Crippen LogP contribution in [-0.2, 0) is 32.7 Å². The molecule has 0 saturated carbocycles. The smallest absolute Gasteiger partial charge is 0.472 e. The summed E-state index contributed by atoms with van der Waals surface area (Å²) in [5.74, 6) is -1.87. The van der Waals surface area contributed by atoms with Crippen molar-refractivity contribution in [3.05, 3.63) is 72.9 Å². The van der Waals surface area contributed by atoms with Crippen LogP contribution in [0.2, 0.25) is 0 Å². The number of esters is 1. The normalized spacial score (nSPS) is 14.6. The number of ether oxygens (including phenoxy) is 2. The molecule has 10 nitrogen and oxygen atoms in total. The van der Waals surface area contributed by atoms with Crippen LogP contribution in [0.5, 0.6) is 0 Å². The van der Waals surface area contributed by atoms with Crippen LogP contribution in [0.4, 0.5) is 0 Å². The van der Waals surface area contributed by atoms with Crippen LogP contribution in [-0.4, -0.2) is 60.5 Å². The van der Waals surface area contributed by atoms with E-state index in [1.165, 1.54) is 83.5 Å². The monoisotopic (exact) mass is 822 g/mol. The lowest BCUT2D eigenvalue weighted by atomic mass is 10.0. The fourth-order valence-electron chi connectivity index (χ4n) is 5.63. The largest absolute Gasteiger partial charge is 0.480 e. The molecule has 0 spiro atoms. The van der Waals surface area contributed by atoms with E-state index in [1.54, 1.807) is 0 Å². The minimum atomic E-state index is -4.64. The van der Waals surface area contributed by atoms with E-state index >= 15 is 0 Å². The Morgan fingerprint density at radius 3 is 1.42 bits per heavy atom. The minimum Gasteiger partial charge on any atom is -0.480 e. The van der Waals surface area contributed by atoms with Gasteiger partial charge in [0.2, 0.25) is 0 Å². The molecule has 0 heterocycles. The molecule has 0 aromatic heterocycles. The summed E-state index contributed by atoms with van der Waals surface area (Å²) in [6, 6.07) is -1.49. The predicted octanol–water partition coefficient (Wildman–Crippen LogP) is 12.2. The Bertz CT molecular complexity index is 1180. The third-order valence-corrected chi connectivity index (χ3v) is 9.96. The first-order valence-corrected chi connectivity index (χ1v) is 23.5. The number of carbonyl (C=O) groups excluding carboxylic acids is 1. The first kappa shape index (κ1) is 54.4. The second-order valence-corrected chi connectivity index (χ2v) is 15.9. The maximum atomic E-state index is 12.6. The summed E-state index contributed by atoms with van der Waals surface area (Å²) in [7, 11) is -4.64. The Morgan fingerprint density at radius 2 is 0.982 bits per heavy atom.